The third-order valence-corrected chi connectivity index (χ3v) is 11.4. The Labute approximate surface area is 325 Å². The van der Waals surface area contributed by atoms with Gasteiger partial charge in [0.1, 0.15) is 48.1 Å². The summed E-state index contributed by atoms with van der Waals surface area (Å²) < 4.78 is 41.5. The molecule has 0 amide bonds. The molecule has 11 atom stereocenters. The van der Waals surface area contributed by atoms with Crippen molar-refractivity contribution >= 4 is 41.6 Å². The second-order valence-corrected chi connectivity index (χ2v) is 15.4. The Morgan fingerprint density at radius 2 is 1.54 bits per heavy atom. The smallest absolute Gasteiger partial charge is 0.340 e. The van der Waals surface area contributed by atoms with Crippen LogP contribution in [0.15, 0.2) is 48.7 Å². The van der Waals surface area contributed by atoms with E-state index in [4.69, 9.17) is 33.2 Å². The molecule has 2 aliphatic heterocycles. The number of hydrogen-bond donors (Lipinski definition) is 3. The van der Waals surface area contributed by atoms with Crippen molar-refractivity contribution < 1.29 is 82.0 Å². The average Bonchev–Trinajstić information content (AvgIpc) is 3.37. The lowest BCUT2D eigenvalue weighted by molar-refractivity contribution is -0.375. The molecule has 57 heavy (non-hydrogen) atoms. The monoisotopic (exact) mass is 797 g/mol. The Balaban J connectivity index is 1.71. The van der Waals surface area contributed by atoms with E-state index in [0.717, 1.165) is 34.6 Å². The SMILES string of the molecule is CC(=O)OC[C@]12[C@H](OC(C)=O)C(=O)[C@@H]3[C@@H](OC(C)=O)[C@@]14O[C@@]3(C)COC(=O)c1cccnc1CCC(C)(O)C(=O)O[C@@H]([C@H](O)[C@@H]2OC(=O)c1ccccc1)[C@]4(C)O. The molecular weight excluding hydrogens is 754 g/mol. The summed E-state index contributed by atoms with van der Waals surface area (Å²) in [5, 5.41) is 37.1. The molecule has 18 nitrogen and oxygen atoms in total. The second-order valence-electron chi connectivity index (χ2n) is 15.4. The van der Waals surface area contributed by atoms with Gasteiger partial charge in [0, 0.05) is 27.0 Å². The number of hydrogen-bond acceptors (Lipinski definition) is 18. The van der Waals surface area contributed by atoms with Crippen LogP contribution in [0.1, 0.15) is 74.4 Å². The van der Waals surface area contributed by atoms with Crippen LogP contribution in [-0.4, -0.2) is 128 Å². The second kappa shape index (κ2) is 14.6. The number of rotatable bonds is 6. The highest BCUT2D eigenvalue weighted by molar-refractivity contribution is 5.94. The zero-order valence-electron chi connectivity index (χ0n) is 31.9. The van der Waals surface area contributed by atoms with Crippen molar-refractivity contribution in [3.8, 4) is 0 Å². The van der Waals surface area contributed by atoms with Gasteiger partial charge in [0.05, 0.1) is 22.7 Å². The van der Waals surface area contributed by atoms with E-state index >= 15 is 4.79 Å². The predicted molar refractivity (Wildman–Crippen MR) is 187 cm³/mol. The molecule has 3 heterocycles. The van der Waals surface area contributed by atoms with Gasteiger partial charge in [0.25, 0.3) is 0 Å². The number of aliphatic hydroxyl groups excluding tert-OH is 1. The Hall–Kier alpha value is -5.30. The molecule has 1 aromatic heterocycles. The lowest BCUT2D eigenvalue weighted by Gasteiger charge is -2.66. The van der Waals surface area contributed by atoms with Crippen LogP contribution in [0.3, 0.4) is 0 Å². The summed E-state index contributed by atoms with van der Waals surface area (Å²) in [6.07, 6.45) is -10.5. The molecule has 3 fully saturated rings. The molecule has 1 unspecified atom stereocenters. The maximum atomic E-state index is 15.2. The van der Waals surface area contributed by atoms with Crippen molar-refractivity contribution in [1.29, 1.82) is 0 Å². The highest BCUT2D eigenvalue weighted by atomic mass is 16.7. The number of ketones is 1. The fraction of sp³-hybridized carbons (Fsp3) is 0.538. The Morgan fingerprint density at radius 3 is 2.18 bits per heavy atom. The van der Waals surface area contributed by atoms with Gasteiger partial charge in [0.15, 0.2) is 29.2 Å². The zero-order valence-corrected chi connectivity index (χ0v) is 31.9. The topological polar surface area (TPSA) is 258 Å². The van der Waals surface area contributed by atoms with E-state index < -0.39 is 125 Å². The number of pyridine rings is 1. The van der Waals surface area contributed by atoms with E-state index in [2.05, 4.69) is 4.98 Å². The van der Waals surface area contributed by atoms with Crippen LogP contribution in [0.25, 0.3) is 0 Å². The zero-order chi connectivity index (χ0) is 41.9. The summed E-state index contributed by atoms with van der Waals surface area (Å²) in [7, 11) is 0. The molecule has 1 spiro atoms. The number of aliphatic hydroxyl groups is 3. The number of carbonyl (C=O) groups excluding carboxylic acids is 7. The van der Waals surface area contributed by atoms with Crippen LogP contribution in [0, 0.1) is 11.3 Å². The maximum Gasteiger partial charge on any atom is 0.340 e. The number of esters is 6. The first-order valence-corrected chi connectivity index (χ1v) is 18.1. The lowest BCUT2D eigenvalue weighted by Crippen LogP contribution is -2.88. The van der Waals surface area contributed by atoms with E-state index in [1.165, 1.54) is 49.5 Å². The number of aryl methyl sites for hydroxylation is 1. The van der Waals surface area contributed by atoms with Gasteiger partial charge in [-0.15, -0.1) is 0 Å². The van der Waals surface area contributed by atoms with Crippen molar-refractivity contribution in [2.75, 3.05) is 13.2 Å². The highest BCUT2D eigenvalue weighted by Crippen LogP contribution is 2.68. The van der Waals surface area contributed by atoms with Crippen LogP contribution >= 0.6 is 0 Å². The molecule has 2 aromatic rings. The molecule has 2 saturated carbocycles. The molecule has 4 bridgehead atoms. The predicted octanol–water partition coefficient (Wildman–Crippen LogP) is 0.338. The van der Waals surface area contributed by atoms with Crippen molar-refractivity contribution in [2.24, 2.45) is 11.3 Å². The Bertz CT molecular complexity index is 2000. The van der Waals surface area contributed by atoms with Crippen LogP contribution in [0.4, 0.5) is 0 Å². The molecule has 306 valence electrons. The normalized spacial score (nSPS) is 37.3. The first-order valence-electron chi connectivity index (χ1n) is 18.1. The largest absolute Gasteiger partial charge is 0.465 e. The van der Waals surface area contributed by atoms with Crippen LogP contribution in [0.2, 0.25) is 0 Å². The van der Waals surface area contributed by atoms with Crippen molar-refractivity contribution in [3.63, 3.8) is 0 Å². The molecule has 4 aliphatic rings. The van der Waals surface area contributed by atoms with E-state index in [1.807, 2.05) is 0 Å². The van der Waals surface area contributed by atoms with Crippen molar-refractivity contribution in [1.82, 2.24) is 4.98 Å². The van der Waals surface area contributed by atoms with E-state index in [0.29, 0.717) is 0 Å². The molecule has 2 aliphatic carbocycles. The average molecular weight is 798 g/mol. The molecule has 3 N–H and O–H groups in total. The summed E-state index contributed by atoms with van der Waals surface area (Å²) >= 11 is 0. The number of benzene rings is 1. The van der Waals surface area contributed by atoms with E-state index in [-0.39, 0.29) is 23.2 Å². The summed E-state index contributed by atoms with van der Waals surface area (Å²) in [6, 6.07) is 10.1. The van der Waals surface area contributed by atoms with Crippen LogP contribution in [-0.2, 0) is 63.6 Å². The van der Waals surface area contributed by atoms with Gasteiger partial charge in [-0.3, -0.25) is 24.2 Å². The lowest BCUT2D eigenvalue weighted by atomic mass is 9.45. The number of ether oxygens (including phenoxy) is 7. The van der Waals surface area contributed by atoms with Crippen molar-refractivity contribution in [3.05, 3.63) is 65.5 Å². The fourth-order valence-electron chi connectivity index (χ4n) is 8.89. The molecule has 6 rings (SSSR count). The summed E-state index contributed by atoms with van der Waals surface area (Å²) in [6.45, 7) is 4.26. The summed E-state index contributed by atoms with van der Waals surface area (Å²) in [5.41, 5.74) is -13.2. The number of cyclic esters (lactones) is 1. The molecule has 0 radical (unpaired) electrons. The van der Waals surface area contributed by atoms with Crippen LogP contribution < -0.4 is 0 Å². The summed E-state index contributed by atoms with van der Waals surface area (Å²) in [5.74, 6) is -9.64. The molecule has 18 heteroatoms. The molecule has 1 saturated heterocycles. The first-order chi connectivity index (χ1) is 26.6. The minimum Gasteiger partial charge on any atom is -0.465 e. The maximum absolute atomic E-state index is 15.2. The van der Waals surface area contributed by atoms with Gasteiger partial charge in [-0.05, 0) is 57.9 Å². The number of fused-ring (bicyclic) bond motifs is 5. The summed E-state index contributed by atoms with van der Waals surface area (Å²) in [4.78, 5) is 99.9. The van der Waals surface area contributed by atoms with Gasteiger partial charge >= 0.3 is 35.8 Å². The number of carbonyl (C=O) groups is 7. The third kappa shape index (κ3) is 6.53. The highest BCUT2D eigenvalue weighted by Gasteiger charge is 2.91. The Kier molecular flexibility index (Phi) is 10.6. The quantitative estimate of drug-likeness (QED) is 0.263. The van der Waals surface area contributed by atoms with Gasteiger partial charge in [-0.2, -0.15) is 0 Å². The van der Waals surface area contributed by atoms with Gasteiger partial charge in [-0.1, -0.05) is 18.2 Å². The van der Waals surface area contributed by atoms with E-state index in [9.17, 15) is 44.1 Å². The molecular formula is C39H43NO17. The van der Waals surface area contributed by atoms with Crippen LogP contribution in [0.5, 0.6) is 0 Å². The minimum atomic E-state index is -2.93. The number of aromatic nitrogens is 1. The fourth-order valence-corrected chi connectivity index (χ4v) is 8.89. The van der Waals surface area contributed by atoms with Gasteiger partial charge < -0.3 is 48.5 Å². The van der Waals surface area contributed by atoms with Gasteiger partial charge in [-0.25, -0.2) is 14.4 Å². The van der Waals surface area contributed by atoms with E-state index in [1.54, 1.807) is 6.07 Å². The third-order valence-electron chi connectivity index (χ3n) is 11.4. The van der Waals surface area contributed by atoms with Gasteiger partial charge in [0.2, 0.25) is 0 Å². The van der Waals surface area contributed by atoms with Crippen molar-refractivity contribution in [2.45, 2.75) is 107 Å². The minimum absolute atomic E-state index is 0.0850. The Morgan fingerprint density at radius 1 is 0.877 bits per heavy atom. The first kappa shape index (κ1) is 41.3. The molecule has 1 aromatic carbocycles. The standard InChI is InChI=1S/C39H43NO17/c1-19(41)51-18-38-30(54-21(3)43)26(44)25-28(53-20(2)42)39(38)37(6,50)29(27(45)31(38)55-32(46)22-11-8-7-9-12-22)56-34(48)35(4,49)15-14-24-23(13-10-16-40-24)33(47)52-17-36(25,5)57-39/h7-13,16,25,27-31,45,49-50H,14-15,17-18H2,1-6H3/t25-,27+,28-,29+,30-,31+,35?,36+,37+,38-,39+/m1/s1. The number of Topliss-reactive ketones (excluding diaryl/α,β-unsaturated/α-hetero) is 1. The number of nitrogens with zero attached hydrogens (tertiary/aromatic N) is 1.